The van der Waals surface area contributed by atoms with Gasteiger partial charge in [-0.05, 0) is 60.7 Å². The van der Waals surface area contributed by atoms with Gasteiger partial charge in [-0.15, -0.1) is 0 Å². The maximum atomic E-state index is 14.1. The third-order valence-corrected chi connectivity index (χ3v) is 13.9. The fourth-order valence-corrected chi connectivity index (χ4v) is 10.8. The van der Waals surface area contributed by atoms with E-state index in [1.807, 2.05) is 0 Å². The second kappa shape index (κ2) is 25.6. The first-order valence-electron chi connectivity index (χ1n) is 20.1. The van der Waals surface area contributed by atoms with Gasteiger partial charge in [0.1, 0.15) is 28.7 Å². The van der Waals surface area contributed by atoms with Crippen molar-refractivity contribution in [3.8, 4) is 28.7 Å². The second-order valence-electron chi connectivity index (χ2n) is 13.6. The lowest BCUT2D eigenvalue weighted by Crippen LogP contribution is -2.47. The highest BCUT2D eigenvalue weighted by Crippen LogP contribution is 2.26. The zero-order valence-corrected chi connectivity index (χ0v) is 40.7. The number of benzene rings is 5. The molecule has 0 unspecified atom stereocenters. The van der Waals surface area contributed by atoms with Crippen LogP contribution in [0.5, 0.6) is 28.7 Å². The highest BCUT2D eigenvalue weighted by atomic mass is 27.4. The minimum Gasteiger partial charge on any atom is -0.571 e. The molecule has 0 aliphatic heterocycles. The first kappa shape index (κ1) is 53.3. The van der Waals surface area contributed by atoms with Gasteiger partial charge < -0.3 is 48.3 Å². The summed E-state index contributed by atoms with van der Waals surface area (Å²) >= 11 is -14.0. The van der Waals surface area contributed by atoms with Crippen LogP contribution in [0, 0.1) is 0 Å². The van der Waals surface area contributed by atoms with Crippen molar-refractivity contribution in [3.05, 3.63) is 149 Å². The van der Waals surface area contributed by atoms with Crippen LogP contribution in [0.1, 0.15) is 86.4 Å². The molecule has 0 bridgehead atoms. The first-order chi connectivity index (χ1) is 33.4. The minimum atomic E-state index is -4.70. The molecule has 25 heteroatoms. The molecule has 0 saturated heterocycles. The van der Waals surface area contributed by atoms with Crippen LogP contribution in [0.15, 0.2) is 121 Å². The number of hydrogen-bond acceptors (Lipinski definition) is 22. The Balaban J connectivity index is 1.64. The van der Waals surface area contributed by atoms with Gasteiger partial charge in [0.25, 0.3) is 0 Å². The first-order valence-corrected chi connectivity index (χ1v) is 24.4. The minimum absolute atomic E-state index is 0.313. The van der Waals surface area contributed by atoms with Gasteiger partial charge in [-0.1, -0.05) is 60.7 Å². The van der Waals surface area contributed by atoms with E-state index in [4.69, 9.17) is 48.3 Å². The van der Waals surface area contributed by atoms with Crippen LogP contribution in [0.4, 0.5) is 0 Å². The van der Waals surface area contributed by atoms with Gasteiger partial charge in [-0.25, -0.2) is 24.0 Å². The lowest BCUT2D eigenvalue weighted by Gasteiger charge is -2.21. The van der Waals surface area contributed by atoms with Crippen LogP contribution in [0.2, 0.25) is 0 Å². The molecule has 5 aromatic carbocycles. The molecule has 5 aromatic rings. The number of ether oxygens (including phenoxy) is 5. The number of hydrogen-bond donors (Lipinski definition) is 0. The summed E-state index contributed by atoms with van der Waals surface area (Å²) in [7, 11) is 0. The SMILES string of the molecule is CC(=O)Oc1ccccc1C(=O)[O][Al]([O]C(=O)c1ccccc1OC(C)=O)[O][Al]([O]C(=O)c1ccccc1OC(C)=O)[O][Al]([O]C(=O)c1ccccc1OC(C)=O)[O]C(=O)c1ccccc1OC(C)=O. The number of carbonyl (C=O) groups excluding carboxylic acids is 10. The molecule has 0 N–H and O–H groups in total. The molecule has 356 valence electrons. The molecule has 0 amide bonds. The molecule has 0 aromatic heterocycles. The summed E-state index contributed by atoms with van der Waals surface area (Å²) in [5.74, 6) is -12.5. The van der Waals surface area contributed by atoms with Gasteiger partial charge in [0.2, 0.25) is 0 Å². The molecular formula is C45H35Al3O22. The largest absolute Gasteiger partial charge is 1.08 e. The van der Waals surface area contributed by atoms with Crippen molar-refractivity contribution in [2.45, 2.75) is 34.6 Å². The summed E-state index contributed by atoms with van der Waals surface area (Å²) in [5, 5.41) is 0. The van der Waals surface area contributed by atoms with Crippen molar-refractivity contribution in [1.29, 1.82) is 0 Å². The molecule has 22 nitrogen and oxygen atoms in total. The van der Waals surface area contributed by atoms with Crippen molar-refractivity contribution in [2.24, 2.45) is 0 Å². The Bertz CT molecular complexity index is 2530. The predicted molar refractivity (Wildman–Crippen MR) is 235 cm³/mol. The Morgan fingerprint density at radius 3 is 0.629 bits per heavy atom. The summed E-state index contributed by atoms with van der Waals surface area (Å²) in [6.45, 7) is 5.25. The van der Waals surface area contributed by atoms with Crippen molar-refractivity contribution in [2.75, 3.05) is 0 Å². The normalized spacial score (nSPS) is 10.2. The van der Waals surface area contributed by atoms with Crippen LogP contribution in [-0.4, -0.2) is 105 Å². The van der Waals surface area contributed by atoms with Crippen molar-refractivity contribution < 1.29 is 96.3 Å². The Kier molecular flexibility index (Phi) is 19.5. The van der Waals surface area contributed by atoms with Crippen molar-refractivity contribution in [1.82, 2.24) is 0 Å². The van der Waals surface area contributed by atoms with Crippen LogP contribution < -0.4 is 23.7 Å². The quantitative estimate of drug-likeness (QED) is 0.0605. The van der Waals surface area contributed by atoms with Gasteiger partial charge in [0.15, 0.2) is 0 Å². The van der Waals surface area contributed by atoms with Crippen LogP contribution in [0.3, 0.4) is 0 Å². The topological polar surface area (TPSA) is 281 Å². The molecule has 0 spiro atoms. The lowest BCUT2D eigenvalue weighted by atomic mass is 10.2. The highest BCUT2D eigenvalue weighted by molar-refractivity contribution is 6.62. The average Bonchev–Trinajstić information content (AvgIpc) is 3.28. The van der Waals surface area contributed by atoms with E-state index in [9.17, 15) is 47.9 Å². The molecule has 5 rings (SSSR count). The van der Waals surface area contributed by atoms with E-state index < -0.39 is 133 Å². The highest BCUT2D eigenvalue weighted by Gasteiger charge is 2.59. The lowest BCUT2D eigenvalue weighted by molar-refractivity contribution is -0.132. The van der Waals surface area contributed by atoms with E-state index in [1.54, 1.807) is 0 Å². The van der Waals surface area contributed by atoms with Gasteiger partial charge in [-0.2, -0.15) is 0 Å². The molecule has 0 aliphatic carbocycles. The smallest absolute Gasteiger partial charge is 0.571 e. The molecule has 0 saturated carbocycles. The monoisotopic (exact) mass is 1010 g/mol. The zero-order chi connectivity index (χ0) is 50.9. The zero-order valence-electron chi connectivity index (χ0n) is 37.3. The number of rotatable bonds is 19. The van der Waals surface area contributed by atoms with Gasteiger partial charge >= 0.3 is 105 Å². The van der Waals surface area contributed by atoms with Crippen LogP contribution >= 0.6 is 0 Å². The number of carbonyl (C=O) groups is 10. The molecule has 0 radical (unpaired) electrons. The molecule has 70 heavy (non-hydrogen) atoms. The number of para-hydroxylation sites is 5. The standard InChI is InChI=1S/5C9H8O4.3Al.2O/c5*1-6(10)13-8-5-3-2-4-7(8)9(11)12;;;;;/h5*2-5H,1H3,(H,11,12);;;;;/q;;;;;+1;2*+2;;/p-5. The molecule has 0 atom stereocenters. The summed E-state index contributed by atoms with van der Waals surface area (Å²) in [6, 6.07) is 25.9. The van der Waals surface area contributed by atoms with E-state index in [-0.39, 0.29) is 28.7 Å². The van der Waals surface area contributed by atoms with Gasteiger partial charge in [-0.3, -0.25) is 24.0 Å². The average molecular weight is 1010 g/mol. The summed E-state index contributed by atoms with van der Waals surface area (Å²) in [5.41, 5.74) is -2.06. The third-order valence-electron chi connectivity index (χ3n) is 8.26. The van der Waals surface area contributed by atoms with E-state index in [0.717, 1.165) is 40.7 Å². The van der Waals surface area contributed by atoms with E-state index in [0.29, 0.717) is 0 Å². The van der Waals surface area contributed by atoms with Gasteiger partial charge in [0.05, 0.1) is 27.8 Å². The Hall–Kier alpha value is -7.68. The maximum absolute atomic E-state index is 14.1. The Morgan fingerprint density at radius 2 is 0.443 bits per heavy atom. The maximum Gasteiger partial charge on any atom is 1.08 e. The van der Waals surface area contributed by atoms with E-state index >= 15 is 0 Å². The summed E-state index contributed by atoms with van der Waals surface area (Å²) in [6.07, 6.45) is 0. The van der Waals surface area contributed by atoms with E-state index in [2.05, 4.69) is 0 Å². The third kappa shape index (κ3) is 16.0. The molecule has 0 heterocycles. The van der Waals surface area contributed by atoms with Crippen LogP contribution in [0.25, 0.3) is 0 Å². The Morgan fingerprint density at radius 1 is 0.271 bits per heavy atom. The molecular weight excluding hydrogens is 973 g/mol. The fraction of sp³-hybridized carbons (Fsp3) is 0.111. The second-order valence-corrected chi connectivity index (χ2v) is 18.7. The van der Waals surface area contributed by atoms with Gasteiger partial charge in [0, 0.05) is 34.6 Å². The van der Waals surface area contributed by atoms with Crippen LogP contribution in [-0.2, 0) is 48.6 Å². The van der Waals surface area contributed by atoms with Crippen molar-refractivity contribution >= 4 is 105 Å². The Labute approximate surface area is 411 Å². The predicted octanol–water partition coefficient (Wildman–Crippen LogP) is 4.89. The summed E-state index contributed by atoms with van der Waals surface area (Å²) in [4.78, 5) is 129. The molecule has 0 aliphatic rings. The number of esters is 5. The fourth-order valence-electron chi connectivity index (χ4n) is 5.58. The van der Waals surface area contributed by atoms with E-state index in [1.165, 1.54) is 115 Å². The van der Waals surface area contributed by atoms with Crippen molar-refractivity contribution in [3.63, 3.8) is 0 Å². The molecule has 0 fully saturated rings. The summed E-state index contributed by atoms with van der Waals surface area (Å²) < 4.78 is 65.7.